The lowest BCUT2D eigenvalue weighted by Gasteiger charge is -2.30. The van der Waals surface area contributed by atoms with Crippen LogP contribution in [0.4, 0.5) is 13.2 Å². The molecule has 2 aromatic rings. The van der Waals surface area contributed by atoms with Crippen molar-refractivity contribution in [3.05, 3.63) is 47.3 Å². The maximum absolute atomic E-state index is 13.7. The van der Waals surface area contributed by atoms with Crippen molar-refractivity contribution in [2.45, 2.75) is 25.9 Å². The number of halogens is 3. The number of piperidine rings is 1. The van der Waals surface area contributed by atoms with Gasteiger partial charge in [0.2, 0.25) is 0 Å². The zero-order chi connectivity index (χ0) is 19.8. The van der Waals surface area contributed by atoms with Gasteiger partial charge in [-0.25, -0.2) is 4.68 Å². The first kappa shape index (κ1) is 18.9. The van der Waals surface area contributed by atoms with Gasteiger partial charge in [0.05, 0.1) is 23.4 Å². The number of carboxylic acids is 1. The van der Waals surface area contributed by atoms with Gasteiger partial charge in [-0.1, -0.05) is 18.2 Å². The second-order valence-corrected chi connectivity index (χ2v) is 6.51. The van der Waals surface area contributed by atoms with Gasteiger partial charge in [0.25, 0.3) is 5.91 Å². The molecule has 1 amide bonds. The third-order valence-electron chi connectivity index (χ3n) is 4.74. The Bertz CT molecular complexity index is 868. The molecule has 1 aromatic carbocycles. The van der Waals surface area contributed by atoms with Crippen molar-refractivity contribution in [2.75, 3.05) is 13.1 Å². The highest BCUT2D eigenvalue weighted by Gasteiger charge is 2.42. The zero-order valence-corrected chi connectivity index (χ0v) is 14.5. The van der Waals surface area contributed by atoms with E-state index in [0.29, 0.717) is 5.56 Å². The number of aryl methyl sites for hydroxylation is 1. The molecule has 1 aromatic heterocycles. The molecule has 0 atom stereocenters. The number of likely N-dealkylation sites (tertiary alicyclic amines) is 1. The summed E-state index contributed by atoms with van der Waals surface area (Å²) in [4.78, 5) is 25.0. The number of aromatic nitrogens is 2. The van der Waals surface area contributed by atoms with Crippen molar-refractivity contribution in [3.63, 3.8) is 0 Å². The SMILES string of the molecule is Cc1ccccc1-n1ncc(C(=O)N2CCC(C(=O)O)CC2)c1C(F)(F)F. The van der Waals surface area contributed by atoms with Gasteiger partial charge < -0.3 is 10.0 Å². The van der Waals surface area contributed by atoms with Gasteiger partial charge in [0, 0.05) is 13.1 Å². The molecule has 0 spiro atoms. The highest BCUT2D eigenvalue weighted by molar-refractivity contribution is 5.95. The molecule has 0 saturated carbocycles. The van der Waals surface area contributed by atoms with Crippen molar-refractivity contribution in [1.82, 2.24) is 14.7 Å². The van der Waals surface area contributed by atoms with Crippen molar-refractivity contribution in [2.24, 2.45) is 5.92 Å². The Morgan fingerprint density at radius 3 is 2.37 bits per heavy atom. The van der Waals surface area contributed by atoms with E-state index in [1.54, 1.807) is 25.1 Å². The monoisotopic (exact) mass is 381 g/mol. The highest BCUT2D eigenvalue weighted by atomic mass is 19.4. The number of hydrogen-bond acceptors (Lipinski definition) is 3. The Labute approximate surface area is 153 Å². The summed E-state index contributed by atoms with van der Waals surface area (Å²) in [7, 11) is 0. The molecule has 1 saturated heterocycles. The second kappa shape index (κ2) is 7.05. The van der Waals surface area contributed by atoms with Crippen LogP contribution in [-0.2, 0) is 11.0 Å². The van der Waals surface area contributed by atoms with E-state index in [-0.39, 0.29) is 31.6 Å². The van der Waals surface area contributed by atoms with E-state index in [1.165, 1.54) is 11.0 Å². The first-order valence-corrected chi connectivity index (χ1v) is 8.43. The summed E-state index contributed by atoms with van der Waals surface area (Å²) < 4.78 is 42.0. The molecule has 1 N–H and O–H groups in total. The maximum atomic E-state index is 13.7. The number of benzene rings is 1. The fourth-order valence-electron chi connectivity index (χ4n) is 3.26. The normalized spacial score (nSPS) is 15.8. The third kappa shape index (κ3) is 3.67. The molecule has 0 aliphatic carbocycles. The highest BCUT2D eigenvalue weighted by Crippen LogP contribution is 2.35. The van der Waals surface area contributed by atoms with Crippen LogP contribution in [0.25, 0.3) is 5.69 Å². The number of amides is 1. The minimum Gasteiger partial charge on any atom is -0.481 e. The molecule has 9 heteroatoms. The van der Waals surface area contributed by atoms with Gasteiger partial charge in [-0.05, 0) is 31.4 Å². The summed E-state index contributed by atoms with van der Waals surface area (Å²) in [6.45, 7) is 1.86. The number of nitrogens with zero attached hydrogens (tertiary/aromatic N) is 3. The van der Waals surface area contributed by atoms with Gasteiger partial charge in [-0.3, -0.25) is 9.59 Å². The number of carboxylic acid groups (broad SMARTS) is 1. The molecule has 6 nitrogen and oxygen atoms in total. The summed E-state index contributed by atoms with van der Waals surface area (Å²) in [5.74, 6) is -2.32. The number of para-hydroxylation sites is 1. The van der Waals surface area contributed by atoms with E-state index in [9.17, 15) is 22.8 Å². The lowest BCUT2D eigenvalue weighted by molar-refractivity contribution is -0.143. The predicted molar refractivity (Wildman–Crippen MR) is 89.6 cm³/mol. The summed E-state index contributed by atoms with van der Waals surface area (Å²) in [5, 5.41) is 12.8. The minimum atomic E-state index is -4.77. The van der Waals surface area contributed by atoms with E-state index in [1.807, 2.05) is 0 Å². The van der Waals surface area contributed by atoms with Crippen LogP contribution in [0.2, 0.25) is 0 Å². The van der Waals surface area contributed by atoms with Crippen LogP contribution in [0.15, 0.2) is 30.5 Å². The minimum absolute atomic E-state index is 0.0998. The van der Waals surface area contributed by atoms with E-state index >= 15 is 0 Å². The Morgan fingerprint density at radius 1 is 1.19 bits per heavy atom. The molecule has 1 aliphatic rings. The maximum Gasteiger partial charge on any atom is 0.434 e. The van der Waals surface area contributed by atoms with Crippen LogP contribution >= 0.6 is 0 Å². The number of rotatable bonds is 3. The smallest absolute Gasteiger partial charge is 0.434 e. The number of carbonyl (C=O) groups excluding carboxylic acids is 1. The van der Waals surface area contributed by atoms with Crippen LogP contribution < -0.4 is 0 Å². The molecular formula is C18H18F3N3O3. The molecule has 0 unspecified atom stereocenters. The topological polar surface area (TPSA) is 75.4 Å². The van der Waals surface area contributed by atoms with Gasteiger partial charge in [-0.2, -0.15) is 18.3 Å². The van der Waals surface area contributed by atoms with E-state index in [4.69, 9.17) is 5.11 Å². The second-order valence-electron chi connectivity index (χ2n) is 6.51. The number of hydrogen-bond donors (Lipinski definition) is 1. The van der Waals surface area contributed by atoms with Crippen LogP contribution in [0.3, 0.4) is 0 Å². The van der Waals surface area contributed by atoms with Gasteiger partial charge in [0.15, 0.2) is 5.69 Å². The molecular weight excluding hydrogens is 363 g/mol. The Kier molecular flexibility index (Phi) is 4.95. The van der Waals surface area contributed by atoms with Gasteiger partial charge in [0.1, 0.15) is 0 Å². The summed E-state index contributed by atoms with van der Waals surface area (Å²) >= 11 is 0. The standard InChI is InChI=1S/C18H18F3N3O3/c1-11-4-2-3-5-14(11)24-15(18(19,20)21)13(10-22-24)16(25)23-8-6-12(7-9-23)17(26)27/h2-5,10,12H,6-9H2,1H3,(H,26,27). The lowest BCUT2D eigenvalue weighted by atomic mass is 9.96. The number of carbonyl (C=O) groups is 2. The van der Waals surface area contributed by atoms with E-state index in [0.717, 1.165) is 10.9 Å². The van der Waals surface area contributed by atoms with Gasteiger partial charge >= 0.3 is 12.1 Å². The van der Waals surface area contributed by atoms with Crippen LogP contribution in [0, 0.1) is 12.8 Å². The summed E-state index contributed by atoms with van der Waals surface area (Å²) in [6.07, 6.45) is -3.41. The first-order chi connectivity index (χ1) is 12.7. The number of aliphatic carboxylic acids is 1. The summed E-state index contributed by atoms with van der Waals surface area (Å²) in [6, 6.07) is 6.47. The quantitative estimate of drug-likeness (QED) is 0.886. The predicted octanol–water partition coefficient (Wildman–Crippen LogP) is 3.14. The molecule has 1 fully saturated rings. The molecule has 27 heavy (non-hydrogen) atoms. The average molecular weight is 381 g/mol. The molecule has 3 rings (SSSR count). The Balaban J connectivity index is 1.96. The van der Waals surface area contributed by atoms with E-state index < -0.39 is 35.2 Å². The van der Waals surface area contributed by atoms with Crippen molar-refractivity contribution in [1.29, 1.82) is 0 Å². The average Bonchev–Trinajstić information content (AvgIpc) is 3.07. The van der Waals surface area contributed by atoms with Gasteiger partial charge in [-0.15, -0.1) is 0 Å². The molecule has 0 bridgehead atoms. The number of alkyl halides is 3. The molecule has 1 aliphatic heterocycles. The lowest BCUT2D eigenvalue weighted by Crippen LogP contribution is -2.40. The fourth-order valence-corrected chi connectivity index (χ4v) is 3.26. The van der Waals surface area contributed by atoms with Crippen LogP contribution in [0.5, 0.6) is 0 Å². The van der Waals surface area contributed by atoms with Crippen LogP contribution in [0.1, 0.15) is 34.5 Å². The molecule has 2 heterocycles. The first-order valence-electron chi connectivity index (χ1n) is 8.43. The van der Waals surface area contributed by atoms with Crippen molar-refractivity contribution < 1.29 is 27.9 Å². The molecule has 0 radical (unpaired) electrons. The van der Waals surface area contributed by atoms with Crippen molar-refractivity contribution in [3.8, 4) is 5.69 Å². The zero-order valence-electron chi connectivity index (χ0n) is 14.5. The van der Waals surface area contributed by atoms with Crippen molar-refractivity contribution >= 4 is 11.9 Å². The largest absolute Gasteiger partial charge is 0.481 e. The fraction of sp³-hybridized carbons (Fsp3) is 0.389. The Morgan fingerprint density at radius 2 is 1.81 bits per heavy atom. The Hall–Kier alpha value is -2.84. The third-order valence-corrected chi connectivity index (χ3v) is 4.74. The van der Waals surface area contributed by atoms with E-state index in [2.05, 4.69) is 5.10 Å². The van der Waals surface area contributed by atoms with Crippen LogP contribution in [-0.4, -0.2) is 44.8 Å². The molecule has 144 valence electrons. The summed E-state index contributed by atoms with van der Waals surface area (Å²) in [5.41, 5.74) is -0.817.